The number of ether oxygens (including phenoxy) is 1. The lowest BCUT2D eigenvalue weighted by Crippen LogP contribution is -2.49. The predicted molar refractivity (Wildman–Crippen MR) is 52.4 cm³/mol. The molecule has 2 heterocycles. The van der Waals surface area contributed by atoms with Gasteiger partial charge in [0.15, 0.2) is 0 Å². The molecule has 4 bridgehead atoms. The fraction of sp³-hybridized carbons (Fsp3) is 0.923. The molecule has 2 saturated heterocycles. The Bertz CT molecular complexity index is 450. The summed E-state index contributed by atoms with van der Waals surface area (Å²) in [6.07, 6.45) is 2.19. The van der Waals surface area contributed by atoms with Crippen molar-refractivity contribution >= 4 is 5.97 Å². The summed E-state index contributed by atoms with van der Waals surface area (Å²) in [4.78, 5) is 11.1. The van der Waals surface area contributed by atoms with E-state index >= 15 is 0 Å². The Morgan fingerprint density at radius 3 is 2.88 bits per heavy atom. The molecule has 0 spiro atoms. The lowest BCUT2D eigenvalue weighted by molar-refractivity contribution is -0.145. The van der Waals surface area contributed by atoms with Crippen molar-refractivity contribution in [1.82, 2.24) is 0 Å². The van der Waals surface area contributed by atoms with Gasteiger partial charge in [0.1, 0.15) is 0 Å². The van der Waals surface area contributed by atoms with Crippen molar-refractivity contribution in [1.29, 1.82) is 0 Å². The van der Waals surface area contributed by atoms with E-state index in [-0.39, 0.29) is 12.0 Å². The number of hydrogen-bond acceptors (Lipinski definition) is 2. The molecule has 7 rings (SSSR count). The van der Waals surface area contributed by atoms with E-state index in [1.807, 2.05) is 0 Å². The summed E-state index contributed by atoms with van der Waals surface area (Å²) in [6.45, 7) is 0. The summed E-state index contributed by atoms with van der Waals surface area (Å²) >= 11 is 0. The minimum Gasteiger partial charge on any atom is -0.481 e. The highest BCUT2D eigenvalue weighted by atomic mass is 16.5. The summed E-state index contributed by atoms with van der Waals surface area (Å²) in [5, 5.41) is 9.17. The lowest BCUT2D eigenvalue weighted by Gasteiger charge is -2.45. The van der Waals surface area contributed by atoms with Crippen LogP contribution >= 0.6 is 0 Å². The normalized spacial score (nSPS) is 77.9. The van der Waals surface area contributed by atoms with Crippen molar-refractivity contribution in [3.8, 4) is 0 Å². The first-order valence-electron chi connectivity index (χ1n) is 6.64. The van der Waals surface area contributed by atoms with Gasteiger partial charge in [0.05, 0.1) is 18.1 Å². The summed E-state index contributed by atoms with van der Waals surface area (Å²) in [6, 6.07) is 0. The van der Waals surface area contributed by atoms with Crippen LogP contribution < -0.4 is 0 Å². The van der Waals surface area contributed by atoms with Crippen molar-refractivity contribution in [3.05, 3.63) is 0 Å². The molecular weight excluding hydrogens is 204 g/mol. The molecule has 7 aliphatic rings. The van der Waals surface area contributed by atoms with Crippen LogP contribution in [0.3, 0.4) is 0 Å². The van der Waals surface area contributed by atoms with Crippen molar-refractivity contribution in [2.45, 2.75) is 24.5 Å². The highest BCUT2D eigenvalue weighted by Crippen LogP contribution is 2.90. The van der Waals surface area contributed by atoms with Gasteiger partial charge in [-0.1, -0.05) is 0 Å². The Hall–Kier alpha value is -0.570. The first kappa shape index (κ1) is 7.70. The van der Waals surface area contributed by atoms with Gasteiger partial charge in [0.25, 0.3) is 0 Å². The topological polar surface area (TPSA) is 46.5 Å². The molecule has 16 heavy (non-hydrogen) atoms. The molecule has 0 aromatic heterocycles. The van der Waals surface area contributed by atoms with Crippen LogP contribution in [0.5, 0.6) is 0 Å². The molecule has 10 atom stereocenters. The Kier molecular flexibility index (Phi) is 0.848. The largest absolute Gasteiger partial charge is 0.481 e. The first-order chi connectivity index (χ1) is 7.74. The van der Waals surface area contributed by atoms with Gasteiger partial charge < -0.3 is 9.84 Å². The van der Waals surface area contributed by atoms with Gasteiger partial charge in [-0.05, 0) is 53.8 Å². The summed E-state index contributed by atoms with van der Waals surface area (Å²) in [7, 11) is 0. The van der Waals surface area contributed by atoms with Crippen LogP contribution in [-0.2, 0) is 9.53 Å². The summed E-state index contributed by atoms with van der Waals surface area (Å²) in [5.41, 5.74) is -0.192. The molecule has 1 N–H and O–H groups in total. The summed E-state index contributed by atoms with van der Waals surface area (Å²) < 4.78 is 6.29. The van der Waals surface area contributed by atoms with Crippen LogP contribution in [0.25, 0.3) is 0 Å². The molecule has 9 unspecified atom stereocenters. The van der Waals surface area contributed by atoms with Crippen molar-refractivity contribution in [3.63, 3.8) is 0 Å². The van der Waals surface area contributed by atoms with Gasteiger partial charge >= 0.3 is 5.97 Å². The van der Waals surface area contributed by atoms with Crippen LogP contribution in [0.4, 0.5) is 0 Å². The predicted octanol–water partition coefficient (Wildman–Crippen LogP) is 0.986. The lowest BCUT2D eigenvalue weighted by atomic mass is 9.57. The minimum atomic E-state index is -0.645. The second-order valence-electron chi connectivity index (χ2n) is 7.03. The Morgan fingerprint density at radius 2 is 2.06 bits per heavy atom. The summed E-state index contributed by atoms with van der Waals surface area (Å²) in [5.74, 6) is 5.83. The van der Waals surface area contributed by atoms with Crippen LogP contribution in [0.1, 0.15) is 12.8 Å². The SMILES string of the molecule is O=C(O)CC12OC3C4C5C(C6C[C@H]5C3C61)C42. The molecule has 5 aliphatic carbocycles. The van der Waals surface area contributed by atoms with E-state index < -0.39 is 5.97 Å². The second kappa shape index (κ2) is 1.76. The quantitative estimate of drug-likeness (QED) is 0.751. The average molecular weight is 218 g/mol. The third-order valence-electron chi connectivity index (χ3n) is 7.29. The Morgan fingerprint density at radius 1 is 1.19 bits per heavy atom. The number of carboxylic acid groups (broad SMARTS) is 1. The minimum absolute atomic E-state index is 0.192. The number of aliphatic carboxylic acids is 1. The maximum absolute atomic E-state index is 11.1. The van der Waals surface area contributed by atoms with Gasteiger partial charge in [-0.2, -0.15) is 0 Å². The smallest absolute Gasteiger partial charge is 0.306 e. The zero-order valence-corrected chi connectivity index (χ0v) is 8.87. The molecule has 3 nitrogen and oxygen atoms in total. The van der Waals surface area contributed by atoms with Crippen LogP contribution in [0.2, 0.25) is 0 Å². The molecule has 0 aromatic rings. The highest BCUT2D eigenvalue weighted by Gasteiger charge is 2.92. The fourth-order valence-electron chi connectivity index (χ4n) is 7.72. The second-order valence-corrected chi connectivity index (χ2v) is 7.03. The third kappa shape index (κ3) is 0.430. The molecule has 0 radical (unpaired) electrons. The molecule has 7 fully saturated rings. The van der Waals surface area contributed by atoms with E-state index in [0.29, 0.717) is 17.9 Å². The number of carboxylic acids is 1. The van der Waals surface area contributed by atoms with Gasteiger partial charge in [-0.3, -0.25) is 4.79 Å². The van der Waals surface area contributed by atoms with Gasteiger partial charge in [-0.15, -0.1) is 0 Å². The van der Waals surface area contributed by atoms with Crippen LogP contribution in [0.15, 0.2) is 0 Å². The molecular formula is C13H14O3. The number of rotatable bonds is 2. The van der Waals surface area contributed by atoms with Gasteiger partial charge in [0.2, 0.25) is 0 Å². The van der Waals surface area contributed by atoms with Crippen molar-refractivity contribution in [2.75, 3.05) is 0 Å². The highest BCUT2D eigenvalue weighted by molar-refractivity contribution is 5.69. The van der Waals surface area contributed by atoms with E-state index in [1.54, 1.807) is 0 Å². The molecule has 84 valence electrons. The average Bonchev–Trinajstić information content (AvgIpc) is 2.73. The maximum Gasteiger partial charge on any atom is 0.306 e. The molecule has 0 amide bonds. The van der Waals surface area contributed by atoms with E-state index in [4.69, 9.17) is 4.74 Å². The fourth-order valence-corrected chi connectivity index (χ4v) is 7.72. The van der Waals surface area contributed by atoms with E-state index in [2.05, 4.69) is 0 Å². The van der Waals surface area contributed by atoms with E-state index in [0.717, 1.165) is 35.5 Å². The Labute approximate surface area is 93.2 Å². The maximum atomic E-state index is 11.1. The number of carbonyl (C=O) groups is 1. The molecule has 2 aliphatic heterocycles. The van der Waals surface area contributed by atoms with Gasteiger partial charge in [0, 0.05) is 0 Å². The van der Waals surface area contributed by atoms with E-state index in [1.165, 1.54) is 6.42 Å². The Balaban J connectivity index is 1.62. The van der Waals surface area contributed by atoms with E-state index in [9.17, 15) is 9.90 Å². The zero-order valence-electron chi connectivity index (χ0n) is 8.87. The standard InChI is InChI=1S/C13H14O3/c14-5(15)2-13-10-4-1-3-6-7(4)11(13)9(6)12(16-13)8(3)10/h3-4,6-12H,1-2H2,(H,14,15)/t3-,4?,6?,7?,8?,9?,10?,11?,12?,13?/m1/s1. The van der Waals surface area contributed by atoms with Crippen molar-refractivity contribution < 1.29 is 14.6 Å². The van der Waals surface area contributed by atoms with Crippen molar-refractivity contribution in [2.24, 2.45) is 47.3 Å². The molecule has 5 saturated carbocycles. The molecule has 0 aromatic carbocycles. The van der Waals surface area contributed by atoms with Crippen LogP contribution in [0, 0.1) is 47.3 Å². The first-order valence-corrected chi connectivity index (χ1v) is 6.64. The monoisotopic (exact) mass is 218 g/mol. The zero-order chi connectivity index (χ0) is 10.4. The number of hydrogen-bond donors (Lipinski definition) is 1. The molecule has 3 heteroatoms. The van der Waals surface area contributed by atoms with Crippen LogP contribution in [-0.4, -0.2) is 22.8 Å². The third-order valence-corrected chi connectivity index (χ3v) is 7.29. The van der Waals surface area contributed by atoms with Gasteiger partial charge in [-0.25, -0.2) is 0 Å².